The molecule has 3 heteroatoms. The molecule has 0 N–H and O–H groups in total. The zero-order valence-electron chi connectivity index (χ0n) is 13.4. The van der Waals surface area contributed by atoms with Crippen LogP contribution < -0.4 is 0 Å². The summed E-state index contributed by atoms with van der Waals surface area (Å²) >= 11 is 0. The number of amides is 1. The number of likely N-dealkylation sites (tertiary alicyclic amines) is 2. The number of carbonyl (C=O) groups excluding carboxylic acids is 1. The largest absolute Gasteiger partial charge is 0.335 e. The molecule has 0 unspecified atom stereocenters. The molecule has 0 spiro atoms. The van der Waals surface area contributed by atoms with Gasteiger partial charge in [-0.1, -0.05) is 24.3 Å². The van der Waals surface area contributed by atoms with Crippen LogP contribution in [0.5, 0.6) is 0 Å². The van der Waals surface area contributed by atoms with Crippen molar-refractivity contribution in [2.45, 2.75) is 25.3 Å². The lowest BCUT2D eigenvalue weighted by molar-refractivity contribution is -0.00252. The highest BCUT2D eigenvalue weighted by molar-refractivity contribution is 5.94. The van der Waals surface area contributed by atoms with Crippen molar-refractivity contribution < 1.29 is 4.79 Å². The van der Waals surface area contributed by atoms with E-state index in [1.807, 2.05) is 36.4 Å². The van der Waals surface area contributed by atoms with Crippen LogP contribution >= 0.6 is 0 Å². The summed E-state index contributed by atoms with van der Waals surface area (Å²) in [4.78, 5) is 17.6. The van der Waals surface area contributed by atoms with Crippen molar-refractivity contribution in [3.8, 4) is 0 Å². The van der Waals surface area contributed by atoms with Gasteiger partial charge in [-0.25, -0.2) is 0 Å². The van der Waals surface area contributed by atoms with E-state index in [2.05, 4.69) is 23.4 Å². The monoisotopic (exact) mass is 298 g/mol. The lowest BCUT2D eigenvalue weighted by atomic mass is 9.77. The lowest BCUT2D eigenvalue weighted by Gasteiger charge is -2.50. The number of carbonyl (C=O) groups is 1. The Balaban J connectivity index is 1.83. The van der Waals surface area contributed by atoms with Crippen molar-refractivity contribution in [1.82, 2.24) is 9.80 Å². The number of rotatable bonds is 4. The quantitative estimate of drug-likeness (QED) is 0.798. The second-order valence-electron chi connectivity index (χ2n) is 6.84. The molecule has 0 radical (unpaired) electrons. The molecule has 0 saturated carbocycles. The van der Waals surface area contributed by atoms with E-state index in [4.69, 9.17) is 0 Å². The van der Waals surface area contributed by atoms with Gasteiger partial charge >= 0.3 is 0 Å². The van der Waals surface area contributed by atoms with Crippen LogP contribution in [0, 0.1) is 11.8 Å². The highest BCUT2D eigenvalue weighted by Gasteiger charge is 2.41. The van der Waals surface area contributed by atoms with Crippen molar-refractivity contribution in [3.63, 3.8) is 0 Å². The minimum absolute atomic E-state index is 0.203. The Labute approximate surface area is 133 Å². The predicted octanol–water partition coefficient (Wildman–Crippen LogP) is 3.05. The average molecular weight is 298 g/mol. The summed E-state index contributed by atoms with van der Waals surface area (Å²) in [5, 5.41) is 0. The summed E-state index contributed by atoms with van der Waals surface area (Å²) in [5.74, 6) is 1.43. The van der Waals surface area contributed by atoms with Gasteiger partial charge in [0.25, 0.3) is 5.91 Å². The molecule has 2 heterocycles. The van der Waals surface area contributed by atoms with E-state index in [9.17, 15) is 4.79 Å². The van der Waals surface area contributed by atoms with Gasteiger partial charge in [-0.05, 0) is 50.3 Å². The lowest BCUT2D eigenvalue weighted by Crippen LogP contribution is -2.58. The van der Waals surface area contributed by atoms with Gasteiger partial charge in [-0.15, -0.1) is 6.58 Å². The van der Waals surface area contributed by atoms with Crippen LogP contribution in [0.2, 0.25) is 0 Å². The van der Waals surface area contributed by atoms with E-state index in [0.29, 0.717) is 17.9 Å². The Hall–Kier alpha value is -1.61. The van der Waals surface area contributed by atoms with Gasteiger partial charge in [0.1, 0.15) is 0 Å². The van der Waals surface area contributed by atoms with Gasteiger partial charge in [-0.3, -0.25) is 4.79 Å². The van der Waals surface area contributed by atoms with Crippen molar-refractivity contribution in [2.24, 2.45) is 11.8 Å². The molecular weight excluding hydrogens is 272 g/mol. The average Bonchev–Trinajstić information content (AvgIpc) is 2.53. The third-order valence-electron chi connectivity index (χ3n) is 5.10. The zero-order chi connectivity index (χ0) is 15.5. The number of nitrogens with zero attached hydrogens (tertiary/aromatic N) is 2. The molecule has 2 fully saturated rings. The molecule has 0 aliphatic carbocycles. The van der Waals surface area contributed by atoms with E-state index >= 15 is 0 Å². The second kappa shape index (κ2) is 6.66. The summed E-state index contributed by atoms with van der Waals surface area (Å²) in [6.07, 6.45) is 5.26. The zero-order valence-corrected chi connectivity index (χ0v) is 13.4. The van der Waals surface area contributed by atoms with Crippen molar-refractivity contribution in [2.75, 3.05) is 26.7 Å². The van der Waals surface area contributed by atoms with Gasteiger partial charge in [0, 0.05) is 31.2 Å². The Morgan fingerprint density at radius 2 is 2.05 bits per heavy atom. The molecule has 1 amide bonds. The number of piperidine rings is 2. The van der Waals surface area contributed by atoms with E-state index in [1.54, 1.807) is 0 Å². The predicted molar refractivity (Wildman–Crippen MR) is 89.8 cm³/mol. The molecule has 22 heavy (non-hydrogen) atoms. The smallest absolute Gasteiger partial charge is 0.254 e. The molecule has 1 aromatic rings. The van der Waals surface area contributed by atoms with Crippen molar-refractivity contribution in [3.05, 3.63) is 48.6 Å². The van der Waals surface area contributed by atoms with Gasteiger partial charge in [0.15, 0.2) is 0 Å². The van der Waals surface area contributed by atoms with Crippen molar-refractivity contribution >= 4 is 5.91 Å². The van der Waals surface area contributed by atoms with Gasteiger partial charge in [0.2, 0.25) is 0 Å². The van der Waals surface area contributed by atoms with E-state index in [-0.39, 0.29) is 5.91 Å². The molecule has 118 valence electrons. The topological polar surface area (TPSA) is 23.6 Å². The van der Waals surface area contributed by atoms with Crippen LogP contribution in [0.25, 0.3) is 0 Å². The molecular formula is C19H26N2O. The maximum absolute atomic E-state index is 13.0. The fourth-order valence-electron chi connectivity index (χ4n) is 4.23. The first-order valence-electron chi connectivity index (χ1n) is 8.34. The summed E-state index contributed by atoms with van der Waals surface area (Å²) < 4.78 is 0. The fraction of sp³-hybridized carbons (Fsp3) is 0.526. The molecule has 0 aromatic heterocycles. The van der Waals surface area contributed by atoms with Gasteiger partial charge in [-0.2, -0.15) is 0 Å². The molecule has 2 aliphatic rings. The first kappa shape index (κ1) is 15.3. The van der Waals surface area contributed by atoms with Crippen LogP contribution in [-0.2, 0) is 0 Å². The van der Waals surface area contributed by atoms with Crippen LogP contribution in [0.4, 0.5) is 0 Å². The van der Waals surface area contributed by atoms with Crippen LogP contribution in [-0.4, -0.2) is 48.4 Å². The maximum atomic E-state index is 13.0. The summed E-state index contributed by atoms with van der Waals surface area (Å²) in [6.45, 7) is 6.98. The number of hydrogen-bond acceptors (Lipinski definition) is 2. The van der Waals surface area contributed by atoms with Crippen LogP contribution in [0.3, 0.4) is 0 Å². The molecule has 2 bridgehead atoms. The Morgan fingerprint density at radius 1 is 1.27 bits per heavy atom. The second-order valence-corrected chi connectivity index (χ2v) is 6.84. The number of allylic oxidation sites excluding steroid dienone is 1. The molecule has 2 saturated heterocycles. The minimum atomic E-state index is 0.203. The fourth-order valence-corrected chi connectivity index (χ4v) is 4.23. The Kier molecular flexibility index (Phi) is 4.63. The van der Waals surface area contributed by atoms with Gasteiger partial charge < -0.3 is 9.80 Å². The van der Waals surface area contributed by atoms with Crippen molar-refractivity contribution in [1.29, 1.82) is 0 Å². The summed E-state index contributed by atoms with van der Waals surface area (Å²) in [7, 11) is 2.21. The number of fused-ring (bicyclic) bond motifs is 2. The molecule has 3 nitrogen and oxygen atoms in total. The molecule has 3 atom stereocenters. The Morgan fingerprint density at radius 3 is 2.77 bits per heavy atom. The SMILES string of the molecule is C=CCC[C@H]1[C@H]2C[C@H](CN(C)C2)CN1C(=O)c1ccccc1. The van der Waals surface area contributed by atoms with E-state index in [0.717, 1.165) is 38.0 Å². The standard InChI is InChI=1S/C19H26N2O/c1-3-4-10-18-17-11-15(12-20(2)14-17)13-21(18)19(22)16-8-6-5-7-9-16/h3,5-9,15,17-18H,1,4,10-14H2,2H3/t15-,17+,18+/m1/s1. The van der Waals surface area contributed by atoms with Crippen LogP contribution in [0.15, 0.2) is 43.0 Å². The Bertz CT molecular complexity index is 525. The first-order valence-corrected chi connectivity index (χ1v) is 8.34. The molecule has 2 aliphatic heterocycles. The maximum Gasteiger partial charge on any atom is 0.254 e. The summed E-state index contributed by atoms with van der Waals surface area (Å²) in [5.41, 5.74) is 0.819. The van der Waals surface area contributed by atoms with E-state index in [1.165, 1.54) is 6.42 Å². The molecule has 1 aromatic carbocycles. The van der Waals surface area contributed by atoms with Gasteiger partial charge in [0.05, 0.1) is 0 Å². The van der Waals surface area contributed by atoms with E-state index < -0.39 is 0 Å². The number of benzene rings is 1. The summed E-state index contributed by atoms with van der Waals surface area (Å²) in [6, 6.07) is 10.1. The highest BCUT2D eigenvalue weighted by atomic mass is 16.2. The third-order valence-corrected chi connectivity index (χ3v) is 5.10. The first-order chi connectivity index (χ1) is 10.7. The number of hydrogen-bond donors (Lipinski definition) is 0. The van der Waals surface area contributed by atoms with Crippen LogP contribution in [0.1, 0.15) is 29.6 Å². The molecule has 3 rings (SSSR count). The minimum Gasteiger partial charge on any atom is -0.335 e. The highest BCUT2D eigenvalue weighted by Crippen LogP contribution is 2.35. The normalized spacial score (nSPS) is 28.4. The third kappa shape index (κ3) is 3.09.